The van der Waals surface area contributed by atoms with E-state index < -0.39 is 5.97 Å². The third-order valence-electron chi connectivity index (χ3n) is 2.65. The van der Waals surface area contributed by atoms with Crippen LogP contribution >= 0.6 is 0 Å². The van der Waals surface area contributed by atoms with Gasteiger partial charge in [-0.1, -0.05) is 6.07 Å². The zero-order chi connectivity index (χ0) is 11.0. The smallest absolute Gasteiger partial charge is 0.307 e. The molecular weight excluding hydrogens is 192 g/mol. The number of rotatable bonds is 2. The van der Waals surface area contributed by atoms with Crippen molar-refractivity contribution in [3.8, 4) is 0 Å². The molecule has 0 bridgehead atoms. The van der Waals surface area contributed by atoms with Crippen LogP contribution in [-0.2, 0) is 18.3 Å². The van der Waals surface area contributed by atoms with Gasteiger partial charge in [0.05, 0.1) is 18.1 Å². The van der Waals surface area contributed by atoms with Crippen LogP contribution in [0.15, 0.2) is 18.3 Å². The highest BCUT2D eigenvalue weighted by Crippen LogP contribution is 2.21. The lowest BCUT2D eigenvalue weighted by Gasteiger charge is -2.04. The molecule has 0 saturated carbocycles. The summed E-state index contributed by atoms with van der Waals surface area (Å²) in [5, 5.41) is 13.9. The van der Waals surface area contributed by atoms with Crippen molar-refractivity contribution in [1.29, 1.82) is 0 Å². The van der Waals surface area contributed by atoms with E-state index in [1.54, 1.807) is 10.9 Å². The highest BCUT2D eigenvalue weighted by molar-refractivity contribution is 5.84. The summed E-state index contributed by atoms with van der Waals surface area (Å²) >= 11 is 0. The maximum atomic E-state index is 10.6. The number of aryl methyl sites for hydroxylation is 2. The van der Waals surface area contributed by atoms with E-state index in [1.807, 2.05) is 26.1 Å². The molecule has 1 aromatic carbocycles. The van der Waals surface area contributed by atoms with Gasteiger partial charge in [-0.25, -0.2) is 0 Å². The molecule has 0 fully saturated rings. The van der Waals surface area contributed by atoms with Crippen LogP contribution in [0, 0.1) is 6.92 Å². The lowest BCUT2D eigenvalue weighted by molar-refractivity contribution is -0.136. The van der Waals surface area contributed by atoms with Crippen molar-refractivity contribution in [3.05, 3.63) is 29.5 Å². The van der Waals surface area contributed by atoms with Gasteiger partial charge >= 0.3 is 5.97 Å². The van der Waals surface area contributed by atoms with Crippen molar-refractivity contribution < 1.29 is 9.90 Å². The molecule has 0 unspecified atom stereocenters. The summed E-state index contributed by atoms with van der Waals surface area (Å²) in [6.45, 7) is 1.93. The number of hydrogen-bond acceptors (Lipinski definition) is 2. The number of aromatic nitrogens is 2. The number of aliphatic carboxylic acids is 1. The van der Waals surface area contributed by atoms with Crippen LogP contribution in [0.4, 0.5) is 0 Å². The van der Waals surface area contributed by atoms with Gasteiger partial charge in [0.2, 0.25) is 0 Å². The summed E-state index contributed by atoms with van der Waals surface area (Å²) in [6.07, 6.45) is 1.84. The Labute approximate surface area is 87.1 Å². The van der Waals surface area contributed by atoms with E-state index in [1.165, 1.54) is 0 Å². The van der Waals surface area contributed by atoms with Crippen LogP contribution in [0.5, 0.6) is 0 Å². The highest BCUT2D eigenvalue weighted by atomic mass is 16.4. The summed E-state index contributed by atoms with van der Waals surface area (Å²) in [6, 6.07) is 3.76. The fraction of sp³-hybridized carbons (Fsp3) is 0.273. The molecule has 4 nitrogen and oxygen atoms in total. The van der Waals surface area contributed by atoms with Crippen molar-refractivity contribution in [2.45, 2.75) is 13.3 Å². The molecule has 0 atom stereocenters. The van der Waals surface area contributed by atoms with Crippen LogP contribution in [0.2, 0.25) is 0 Å². The average molecular weight is 204 g/mol. The average Bonchev–Trinajstić information content (AvgIpc) is 2.53. The zero-order valence-electron chi connectivity index (χ0n) is 8.69. The molecule has 0 aliphatic heterocycles. The van der Waals surface area contributed by atoms with Crippen LogP contribution in [0.3, 0.4) is 0 Å². The first kappa shape index (κ1) is 9.71. The van der Waals surface area contributed by atoms with Gasteiger partial charge < -0.3 is 5.11 Å². The van der Waals surface area contributed by atoms with Gasteiger partial charge in [-0.05, 0) is 24.1 Å². The Morgan fingerprint density at radius 3 is 2.93 bits per heavy atom. The van der Waals surface area contributed by atoms with E-state index in [4.69, 9.17) is 5.11 Å². The van der Waals surface area contributed by atoms with Crippen molar-refractivity contribution in [3.63, 3.8) is 0 Å². The molecule has 0 radical (unpaired) electrons. The Hall–Kier alpha value is -1.84. The fourth-order valence-electron chi connectivity index (χ4n) is 1.77. The zero-order valence-corrected chi connectivity index (χ0v) is 8.69. The quantitative estimate of drug-likeness (QED) is 0.806. The predicted molar refractivity (Wildman–Crippen MR) is 56.8 cm³/mol. The standard InChI is InChI=1S/C11H12N2O2/c1-7-8(5-11(14)15)3-4-10-9(7)6-12-13(10)2/h3-4,6H,5H2,1-2H3,(H,14,15). The van der Waals surface area contributed by atoms with E-state index in [-0.39, 0.29) is 6.42 Å². The lowest BCUT2D eigenvalue weighted by atomic mass is 10.0. The van der Waals surface area contributed by atoms with E-state index >= 15 is 0 Å². The summed E-state index contributed by atoms with van der Waals surface area (Å²) in [4.78, 5) is 10.6. The molecule has 1 heterocycles. The summed E-state index contributed by atoms with van der Waals surface area (Å²) in [5.74, 6) is -0.804. The Kier molecular flexibility index (Phi) is 2.19. The number of fused-ring (bicyclic) bond motifs is 1. The normalized spacial score (nSPS) is 10.8. The second kappa shape index (κ2) is 3.38. The minimum Gasteiger partial charge on any atom is -0.481 e. The number of benzene rings is 1. The molecule has 0 aliphatic rings. The Morgan fingerprint density at radius 1 is 1.53 bits per heavy atom. The van der Waals surface area contributed by atoms with Crippen LogP contribution in [0.25, 0.3) is 10.9 Å². The molecule has 2 rings (SSSR count). The number of hydrogen-bond donors (Lipinski definition) is 1. The minimum absolute atomic E-state index is 0.0661. The first-order valence-electron chi connectivity index (χ1n) is 4.71. The van der Waals surface area contributed by atoms with Crippen LogP contribution in [-0.4, -0.2) is 20.9 Å². The number of nitrogens with zero attached hydrogens (tertiary/aromatic N) is 2. The van der Waals surface area contributed by atoms with Crippen molar-refractivity contribution in [2.75, 3.05) is 0 Å². The summed E-state index contributed by atoms with van der Waals surface area (Å²) in [7, 11) is 1.87. The molecule has 0 spiro atoms. The summed E-state index contributed by atoms with van der Waals surface area (Å²) < 4.78 is 1.78. The van der Waals surface area contributed by atoms with Crippen molar-refractivity contribution in [2.24, 2.45) is 7.05 Å². The first-order valence-corrected chi connectivity index (χ1v) is 4.71. The molecule has 0 saturated heterocycles. The van der Waals surface area contributed by atoms with Gasteiger partial charge in [-0.3, -0.25) is 9.48 Å². The second-order valence-electron chi connectivity index (χ2n) is 3.62. The van der Waals surface area contributed by atoms with Crippen molar-refractivity contribution >= 4 is 16.9 Å². The number of carboxylic acid groups (broad SMARTS) is 1. The lowest BCUT2D eigenvalue weighted by Crippen LogP contribution is -2.02. The summed E-state index contributed by atoms with van der Waals surface area (Å²) in [5.41, 5.74) is 2.88. The van der Waals surface area contributed by atoms with Gasteiger partial charge in [0.15, 0.2) is 0 Å². The SMILES string of the molecule is Cc1c(CC(=O)O)ccc2c1cnn2C. The Balaban J connectivity index is 2.60. The second-order valence-corrected chi connectivity index (χ2v) is 3.62. The molecule has 1 N–H and O–H groups in total. The van der Waals surface area contributed by atoms with Crippen molar-refractivity contribution in [1.82, 2.24) is 9.78 Å². The third kappa shape index (κ3) is 1.58. The fourth-order valence-corrected chi connectivity index (χ4v) is 1.77. The molecule has 4 heteroatoms. The van der Waals surface area contributed by atoms with Gasteiger partial charge in [-0.2, -0.15) is 5.10 Å². The maximum absolute atomic E-state index is 10.6. The molecule has 15 heavy (non-hydrogen) atoms. The van der Waals surface area contributed by atoms with E-state index in [0.717, 1.165) is 22.0 Å². The van der Waals surface area contributed by atoms with Crippen LogP contribution < -0.4 is 0 Å². The number of carbonyl (C=O) groups is 1. The van der Waals surface area contributed by atoms with Crippen LogP contribution in [0.1, 0.15) is 11.1 Å². The predicted octanol–water partition coefficient (Wildman–Crippen LogP) is 1.51. The molecule has 1 aromatic heterocycles. The van der Waals surface area contributed by atoms with Gasteiger partial charge in [-0.15, -0.1) is 0 Å². The third-order valence-corrected chi connectivity index (χ3v) is 2.65. The van der Waals surface area contributed by atoms with E-state index in [2.05, 4.69) is 5.10 Å². The minimum atomic E-state index is -0.804. The first-order chi connectivity index (χ1) is 7.09. The molecule has 2 aromatic rings. The largest absolute Gasteiger partial charge is 0.481 e. The van der Waals surface area contributed by atoms with E-state index in [9.17, 15) is 4.79 Å². The monoisotopic (exact) mass is 204 g/mol. The molecule has 0 amide bonds. The maximum Gasteiger partial charge on any atom is 0.307 e. The van der Waals surface area contributed by atoms with Gasteiger partial charge in [0.25, 0.3) is 0 Å². The molecule has 78 valence electrons. The van der Waals surface area contributed by atoms with E-state index in [0.29, 0.717) is 0 Å². The Bertz CT molecular complexity index is 529. The Morgan fingerprint density at radius 2 is 2.27 bits per heavy atom. The molecule has 0 aliphatic carbocycles. The number of carboxylic acids is 1. The topological polar surface area (TPSA) is 55.1 Å². The van der Waals surface area contributed by atoms with Gasteiger partial charge in [0, 0.05) is 12.4 Å². The van der Waals surface area contributed by atoms with Gasteiger partial charge in [0.1, 0.15) is 0 Å². The highest BCUT2D eigenvalue weighted by Gasteiger charge is 2.09. The molecular formula is C11H12N2O2.